The number of benzene rings is 1. The molecule has 0 unspecified atom stereocenters. The summed E-state index contributed by atoms with van der Waals surface area (Å²) in [5, 5.41) is 18.1. The standard InChI is InChI=1S/C22H27N5O4S/c1-16-5-4-6-18(13-16)32(29,30)25-20-9-8-17(31-22(20)15-28)10-12-27-14-21(24-26-27)19-7-2-3-11-23-19/h2-7,11,13-14,17,20,22,25,28H,8-10,12,15H2,1H3/t17-,20-,22+/m0/s1. The topological polar surface area (TPSA) is 119 Å². The summed E-state index contributed by atoms with van der Waals surface area (Å²) in [6.07, 6.45) is 4.79. The molecule has 170 valence electrons. The van der Waals surface area contributed by atoms with Crippen LogP contribution in [-0.2, 0) is 21.3 Å². The summed E-state index contributed by atoms with van der Waals surface area (Å²) in [5.41, 5.74) is 2.33. The smallest absolute Gasteiger partial charge is 0.240 e. The van der Waals surface area contributed by atoms with Crippen LogP contribution in [0.15, 0.2) is 59.8 Å². The predicted molar refractivity (Wildman–Crippen MR) is 118 cm³/mol. The number of pyridine rings is 1. The van der Waals surface area contributed by atoms with Gasteiger partial charge in [-0.15, -0.1) is 5.10 Å². The molecule has 0 spiro atoms. The fourth-order valence-corrected chi connectivity index (χ4v) is 5.25. The zero-order chi connectivity index (χ0) is 22.6. The van der Waals surface area contributed by atoms with Gasteiger partial charge in [0.25, 0.3) is 0 Å². The molecule has 0 radical (unpaired) electrons. The SMILES string of the molecule is Cc1cccc(S(=O)(=O)N[C@H]2CC[C@@H](CCn3cc(-c4ccccn4)nn3)O[C@@H]2CO)c1. The Hall–Kier alpha value is -2.66. The van der Waals surface area contributed by atoms with Gasteiger partial charge in [0, 0.05) is 12.7 Å². The molecule has 10 heteroatoms. The Bertz CT molecular complexity index is 1140. The fraction of sp³-hybridized carbons (Fsp3) is 0.409. The highest BCUT2D eigenvalue weighted by atomic mass is 32.2. The Kier molecular flexibility index (Phi) is 6.95. The monoisotopic (exact) mass is 457 g/mol. The second-order valence-electron chi connectivity index (χ2n) is 7.97. The number of aliphatic hydroxyl groups is 1. The van der Waals surface area contributed by atoms with E-state index >= 15 is 0 Å². The number of aryl methyl sites for hydroxylation is 2. The van der Waals surface area contributed by atoms with Gasteiger partial charge in [-0.1, -0.05) is 23.4 Å². The van der Waals surface area contributed by atoms with E-state index in [-0.39, 0.29) is 17.6 Å². The predicted octanol–water partition coefficient (Wildman–Crippen LogP) is 1.93. The number of hydrogen-bond donors (Lipinski definition) is 2. The largest absolute Gasteiger partial charge is 0.394 e. The quantitative estimate of drug-likeness (QED) is 0.530. The summed E-state index contributed by atoms with van der Waals surface area (Å²) in [6, 6.07) is 11.9. The van der Waals surface area contributed by atoms with Crippen LogP contribution >= 0.6 is 0 Å². The van der Waals surface area contributed by atoms with Crippen LogP contribution in [0.3, 0.4) is 0 Å². The maximum Gasteiger partial charge on any atom is 0.240 e. The molecule has 32 heavy (non-hydrogen) atoms. The molecule has 2 N–H and O–H groups in total. The first-order chi connectivity index (χ1) is 15.4. The van der Waals surface area contributed by atoms with Crippen LogP contribution < -0.4 is 4.72 Å². The Morgan fingerprint density at radius 2 is 2.06 bits per heavy atom. The number of aromatic nitrogens is 4. The van der Waals surface area contributed by atoms with Crippen molar-refractivity contribution < 1.29 is 18.3 Å². The Morgan fingerprint density at radius 3 is 2.81 bits per heavy atom. The van der Waals surface area contributed by atoms with E-state index < -0.39 is 22.2 Å². The molecular formula is C22H27N5O4S. The molecule has 2 aromatic heterocycles. The van der Waals surface area contributed by atoms with Crippen molar-refractivity contribution in [1.82, 2.24) is 24.7 Å². The van der Waals surface area contributed by atoms with E-state index in [1.165, 1.54) is 0 Å². The molecule has 3 heterocycles. The molecule has 3 atom stereocenters. The third-order valence-corrected chi connectivity index (χ3v) is 7.04. The summed E-state index contributed by atoms with van der Waals surface area (Å²) in [5.74, 6) is 0. The minimum absolute atomic E-state index is 0.102. The van der Waals surface area contributed by atoms with Gasteiger partial charge >= 0.3 is 0 Å². The van der Waals surface area contributed by atoms with Gasteiger partial charge in [0.1, 0.15) is 5.69 Å². The van der Waals surface area contributed by atoms with Gasteiger partial charge in [-0.25, -0.2) is 13.1 Å². The lowest BCUT2D eigenvalue weighted by molar-refractivity contribution is -0.0891. The highest BCUT2D eigenvalue weighted by molar-refractivity contribution is 7.89. The summed E-state index contributed by atoms with van der Waals surface area (Å²) in [6.45, 7) is 2.19. The lowest BCUT2D eigenvalue weighted by Gasteiger charge is -2.36. The molecule has 1 aliphatic heterocycles. The third kappa shape index (κ3) is 5.39. The molecule has 0 bridgehead atoms. The second kappa shape index (κ2) is 9.86. The second-order valence-corrected chi connectivity index (χ2v) is 9.69. The molecule has 0 aliphatic carbocycles. The Balaban J connectivity index is 1.33. The molecule has 0 saturated carbocycles. The van der Waals surface area contributed by atoms with E-state index in [0.717, 1.165) is 11.3 Å². The number of rotatable bonds is 8. The van der Waals surface area contributed by atoms with Crippen molar-refractivity contribution in [3.05, 3.63) is 60.4 Å². The van der Waals surface area contributed by atoms with Gasteiger partial charge < -0.3 is 9.84 Å². The lowest BCUT2D eigenvalue weighted by Crippen LogP contribution is -2.50. The number of hydrogen-bond acceptors (Lipinski definition) is 7. The average Bonchev–Trinajstić information content (AvgIpc) is 3.28. The van der Waals surface area contributed by atoms with Gasteiger partial charge in [0.15, 0.2) is 0 Å². The first kappa shape index (κ1) is 22.5. The van der Waals surface area contributed by atoms with Crippen molar-refractivity contribution >= 4 is 10.0 Å². The van der Waals surface area contributed by atoms with E-state index in [2.05, 4.69) is 20.0 Å². The van der Waals surface area contributed by atoms with E-state index in [1.54, 1.807) is 29.1 Å². The highest BCUT2D eigenvalue weighted by Crippen LogP contribution is 2.24. The maximum absolute atomic E-state index is 12.8. The summed E-state index contributed by atoms with van der Waals surface area (Å²) in [7, 11) is -3.69. The first-order valence-corrected chi connectivity index (χ1v) is 12.1. The number of aliphatic hydroxyl groups excluding tert-OH is 1. The number of ether oxygens (including phenoxy) is 1. The van der Waals surface area contributed by atoms with Gasteiger partial charge in [-0.2, -0.15) is 0 Å². The van der Waals surface area contributed by atoms with Crippen molar-refractivity contribution in [2.45, 2.75) is 55.9 Å². The van der Waals surface area contributed by atoms with Crippen LogP contribution in [0.2, 0.25) is 0 Å². The Labute approximate surface area is 187 Å². The molecule has 0 amide bonds. The van der Waals surface area contributed by atoms with Gasteiger partial charge in [0.2, 0.25) is 10.0 Å². The summed E-state index contributed by atoms with van der Waals surface area (Å²) >= 11 is 0. The van der Waals surface area contributed by atoms with Crippen molar-refractivity contribution in [2.75, 3.05) is 6.61 Å². The minimum atomic E-state index is -3.69. The molecule has 1 fully saturated rings. The maximum atomic E-state index is 12.8. The Morgan fingerprint density at radius 1 is 1.19 bits per heavy atom. The lowest BCUT2D eigenvalue weighted by atomic mass is 9.98. The van der Waals surface area contributed by atoms with Crippen LogP contribution in [0, 0.1) is 6.92 Å². The van der Waals surface area contributed by atoms with E-state index in [1.807, 2.05) is 37.4 Å². The molecule has 9 nitrogen and oxygen atoms in total. The minimum Gasteiger partial charge on any atom is -0.394 e. The molecule has 1 aromatic carbocycles. The van der Waals surface area contributed by atoms with Crippen LogP contribution in [0.25, 0.3) is 11.4 Å². The average molecular weight is 458 g/mol. The van der Waals surface area contributed by atoms with Crippen molar-refractivity contribution in [3.63, 3.8) is 0 Å². The molecule has 1 aliphatic rings. The van der Waals surface area contributed by atoms with E-state index in [9.17, 15) is 13.5 Å². The van der Waals surface area contributed by atoms with Gasteiger partial charge in [0.05, 0.1) is 41.6 Å². The van der Waals surface area contributed by atoms with E-state index in [4.69, 9.17) is 4.74 Å². The zero-order valence-corrected chi connectivity index (χ0v) is 18.6. The molecule has 1 saturated heterocycles. The normalized spacial score (nSPS) is 21.5. The number of sulfonamides is 1. The highest BCUT2D eigenvalue weighted by Gasteiger charge is 2.34. The molecule has 4 rings (SSSR count). The molecule has 3 aromatic rings. The fourth-order valence-electron chi connectivity index (χ4n) is 3.84. The van der Waals surface area contributed by atoms with Crippen LogP contribution in [0.1, 0.15) is 24.8 Å². The van der Waals surface area contributed by atoms with Crippen LogP contribution in [-0.4, -0.2) is 58.4 Å². The van der Waals surface area contributed by atoms with E-state index in [0.29, 0.717) is 31.5 Å². The number of nitrogens with one attached hydrogen (secondary N) is 1. The van der Waals surface area contributed by atoms with Crippen LogP contribution in [0.5, 0.6) is 0 Å². The first-order valence-electron chi connectivity index (χ1n) is 10.6. The summed E-state index contributed by atoms with van der Waals surface area (Å²) < 4.78 is 36.0. The van der Waals surface area contributed by atoms with Crippen molar-refractivity contribution in [1.29, 1.82) is 0 Å². The van der Waals surface area contributed by atoms with Crippen molar-refractivity contribution in [2.24, 2.45) is 0 Å². The molecular weight excluding hydrogens is 430 g/mol. The third-order valence-electron chi connectivity index (χ3n) is 5.55. The summed E-state index contributed by atoms with van der Waals surface area (Å²) in [4.78, 5) is 4.49. The zero-order valence-electron chi connectivity index (χ0n) is 17.8. The van der Waals surface area contributed by atoms with Gasteiger partial charge in [-0.3, -0.25) is 9.67 Å². The van der Waals surface area contributed by atoms with Gasteiger partial charge in [-0.05, 0) is 56.0 Å². The number of nitrogens with zero attached hydrogens (tertiary/aromatic N) is 4. The van der Waals surface area contributed by atoms with Crippen molar-refractivity contribution in [3.8, 4) is 11.4 Å². The van der Waals surface area contributed by atoms with Crippen LogP contribution in [0.4, 0.5) is 0 Å².